The molecule has 0 bridgehead atoms. The van der Waals surface area contributed by atoms with Crippen LogP contribution in [0.1, 0.15) is 18.0 Å². The molecule has 0 saturated heterocycles. The molecule has 2 heterocycles. The van der Waals surface area contributed by atoms with E-state index < -0.39 is 15.9 Å². The summed E-state index contributed by atoms with van der Waals surface area (Å²) in [4.78, 5) is 0. The molecular formula is C23H20N4O5S2. The van der Waals surface area contributed by atoms with Crippen LogP contribution in [-0.4, -0.2) is 33.0 Å². The molecule has 0 aliphatic carbocycles. The Morgan fingerprint density at radius 3 is 2.56 bits per heavy atom. The van der Waals surface area contributed by atoms with Gasteiger partial charge >= 0.3 is 5.89 Å². The molecule has 0 aliphatic rings. The number of nitriles is 1. The minimum atomic E-state index is -4.44. The summed E-state index contributed by atoms with van der Waals surface area (Å²) in [6.45, 7) is 0.164. The molecule has 2 aromatic carbocycles. The Bertz CT molecular complexity index is 1580. The zero-order chi connectivity index (χ0) is 24.3. The van der Waals surface area contributed by atoms with Crippen LogP contribution in [0, 0.1) is 16.1 Å². The van der Waals surface area contributed by atoms with Crippen LogP contribution in [0.3, 0.4) is 0 Å². The lowest BCUT2D eigenvalue weighted by Gasteiger charge is -2.03. The highest BCUT2D eigenvalue weighted by molar-refractivity contribution is 7.85. The van der Waals surface area contributed by atoms with Crippen LogP contribution in [0.15, 0.2) is 59.0 Å². The first-order valence-corrected chi connectivity index (χ1v) is 12.3. The number of rotatable bonds is 8. The Hall–Kier alpha value is -3.72. The summed E-state index contributed by atoms with van der Waals surface area (Å²) in [6, 6.07) is 18.2. The molecule has 1 N–H and O–H groups in total. The van der Waals surface area contributed by atoms with Crippen LogP contribution in [0.25, 0.3) is 28.9 Å². The number of para-hydroxylation sites is 3. The Balaban J connectivity index is 1.83. The number of nitrogens with zero attached hydrogens (tertiary/aromatic N) is 4. The van der Waals surface area contributed by atoms with Gasteiger partial charge in [0.15, 0.2) is 11.3 Å². The number of oxazole rings is 1. The van der Waals surface area contributed by atoms with Crippen molar-refractivity contribution in [2.75, 3.05) is 5.75 Å². The van der Waals surface area contributed by atoms with Gasteiger partial charge in [0, 0.05) is 12.6 Å². The molecule has 4 rings (SSSR count). The van der Waals surface area contributed by atoms with Crippen molar-refractivity contribution in [2.45, 2.75) is 19.5 Å². The fraction of sp³-hybridized carbons (Fsp3) is 0.174. The molecule has 34 heavy (non-hydrogen) atoms. The number of fused-ring (bicyclic) bond motifs is 1. The third-order valence-corrected chi connectivity index (χ3v) is 6.29. The van der Waals surface area contributed by atoms with E-state index in [9.17, 15) is 18.1 Å². The average molecular weight is 497 g/mol. The van der Waals surface area contributed by atoms with E-state index in [4.69, 9.17) is 21.9 Å². The fourth-order valence-corrected chi connectivity index (χ4v) is 4.45. The lowest BCUT2D eigenvalue weighted by molar-refractivity contribution is -0.673. The van der Waals surface area contributed by atoms with E-state index in [1.54, 1.807) is 57.7 Å². The van der Waals surface area contributed by atoms with Crippen molar-refractivity contribution in [3.63, 3.8) is 0 Å². The van der Waals surface area contributed by atoms with Crippen LogP contribution in [0.5, 0.6) is 5.88 Å². The minimum Gasteiger partial charge on any atom is -0.748 e. The number of aromatic nitrogens is 3. The van der Waals surface area contributed by atoms with Crippen LogP contribution in [-0.2, 0) is 23.2 Å². The molecule has 9 nitrogen and oxygen atoms in total. The second kappa shape index (κ2) is 9.64. The van der Waals surface area contributed by atoms with Gasteiger partial charge in [-0.05, 0) is 36.5 Å². The summed E-state index contributed by atoms with van der Waals surface area (Å²) < 4.78 is 44.6. The summed E-state index contributed by atoms with van der Waals surface area (Å²) in [6.07, 6.45) is 3.33. The Labute approximate surface area is 200 Å². The topological polar surface area (TPSA) is 128 Å². The highest BCUT2D eigenvalue weighted by Crippen LogP contribution is 2.28. The third kappa shape index (κ3) is 4.79. The van der Waals surface area contributed by atoms with Gasteiger partial charge in [-0.3, -0.25) is 4.57 Å². The number of hydrogen-bond acceptors (Lipinski definition) is 7. The van der Waals surface area contributed by atoms with Crippen molar-refractivity contribution in [1.82, 2.24) is 9.13 Å². The van der Waals surface area contributed by atoms with E-state index in [0.29, 0.717) is 27.3 Å². The Morgan fingerprint density at radius 1 is 1.15 bits per heavy atom. The van der Waals surface area contributed by atoms with E-state index in [1.165, 1.54) is 4.57 Å². The van der Waals surface area contributed by atoms with Crippen LogP contribution in [0.2, 0.25) is 0 Å². The zero-order valence-corrected chi connectivity index (χ0v) is 19.5. The number of benzene rings is 2. The molecule has 0 saturated carbocycles. The number of hydrogen-bond donors (Lipinski definition) is 1. The number of aromatic hydroxyl groups is 1. The second-order valence-electron chi connectivity index (χ2n) is 7.38. The maximum atomic E-state index is 11.2. The predicted molar refractivity (Wildman–Crippen MR) is 126 cm³/mol. The van der Waals surface area contributed by atoms with Gasteiger partial charge in [0.2, 0.25) is 11.5 Å². The van der Waals surface area contributed by atoms with Gasteiger partial charge in [-0.2, -0.15) is 9.83 Å². The molecule has 11 heteroatoms. The largest absolute Gasteiger partial charge is 0.748 e. The third-order valence-electron chi connectivity index (χ3n) is 5.20. The first kappa shape index (κ1) is 23.4. The van der Waals surface area contributed by atoms with E-state index in [0.717, 1.165) is 0 Å². The minimum absolute atomic E-state index is 0.0970. The molecule has 2 aromatic heterocycles. The molecule has 0 amide bonds. The van der Waals surface area contributed by atoms with Crippen molar-refractivity contribution in [1.29, 1.82) is 5.26 Å². The summed E-state index contributed by atoms with van der Waals surface area (Å²) in [5, 5.41) is 20.1. The van der Waals surface area contributed by atoms with Gasteiger partial charge < -0.3 is 18.6 Å². The SMILES string of the molecule is N#CCCn1c(/C=C/c2oc3ccccc3[n+]2CCS(=O)(=O)[O-])c(O)n(-c2ccccc2)c1=S. The first-order valence-electron chi connectivity index (χ1n) is 10.3. The highest BCUT2D eigenvalue weighted by atomic mass is 32.2. The first-order chi connectivity index (χ1) is 16.3. The quantitative estimate of drug-likeness (QED) is 0.225. The Morgan fingerprint density at radius 2 is 1.85 bits per heavy atom. The van der Waals surface area contributed by atoms with E-state index in [-0.39, 0.29) is 31.3 Å². The zero-order valence-electron chi connectivity index (χ0n) is 17.9. The van der Waals surface area contributed by atoms with Crippen LogP contribution >= 0.6 is 12.2 Å². The predicted octanol–water partition coefficient (Wildman–Crippen LogP) is 3.38. The molecular weight excluding hydrogens is 476 g/mol. The standard InChI is InChI=1S/C23H20N4O5S2/c24-13-6-14-26-19(22(28)27(23(26)33)17-7-2-1-3-8-17)11-12-21-25(15-16-34(29,30)31)18-9-4-5-10-20(18)32-21/h1-5,7-12H,6,14-16H2,(H,29,30,31). The maximum Gasteiger partial charge on any atom is 0.374 e. The normalized spacial score (nSPS) is 11.9. The molecule has 0 aliphatic heterocycles. The molecule has 0 atom stereocenters. The lowest BCUT2D eigenvalue weighted by atomic mass is 10.3. The molecule has 0 radical (unpaired) electrons. The monoisotopic (exact) mass is 496 g/mol. The van der Waals surface area contributed by atoms with Gasteiger partial charge in [-0.15, -0.1) is 0 Å². The number of aryl methyl sites for hydroxylation is 1. The molecule has 4 aromatic rings. The van der Waals surface area contributed by atoms with Gasteiger partial charge in [0.25, 0.3) is 5.52 Å². The van der Waals surface area contributed by atoms with Crippen LogP contribution in [0.4, 0.5) is 0 Å². The molecule has 174 valence electrons. The van der Waals surface area contributed by atoms with Crippen molar-refractivity contribution >= 4 is 45.6 Å². The van der Waals surface area contributed by atoms with Gasteiger partial charge in [0.1, 0.15) is 15.8 Å². The Kier molecular flexibility index (Phi) is 6.65. The molecule has 0 unspecified atom stereocenters. The summed E-state index contributed by atoms with van der Waals surface area (Å²) in [5.41, 5.74) is 2.15. The van der Waals surface area contributed by atoms with Crippen LogP contribution < -0.4 is 4.57 Å². The van der Waals surface area contributed by atoms with E-state index in [1.807, 2.05) is 18.2 Å². The summed E-state index contributed by atoms with van der Waals surface area (Å²) >= 11 is 5.58. The van der Waals surface area contributed by atoms with E-state index in [2.05, 4.69) is 6.07 Å². The summed E-state index contributed by atoms with van der Waals surface area (Å²) in [5.74, 6) is -0.430. The van der Waals surface area contributed by atoms with Gasteiger partial charge in [-0.25, -0.2) is 8.42 Å². The van der Waals surface area contributed by atoms with Crippen molar-refractivity contribution in [3.05, 3.63) is 71.0 Å². The fourth-order valence-electron chi connectivity index (χ4n) is 3.66. The smallest absolute Gasteiger partial charge is 0.374 e. The second-order valence-corrected chi connectivity index (χ2v) is 9.27. The van der Waals surface area contributed by atoms with Gasteiger partial charge in [-0.1, -0.05) is 30.3 Å². The highest BCUT2D eigenvalue weighted by Gasteiger charge is 2.22. The average Bonchev–Trinajstić information content (AvgIpc) is 3.28. The lowest BCUT2D eigenvalue weighted by Crippen LogP contribution is -2.38. The number of imidazole rings is 1. The maximum absolute atomic E-state index is 11.2. The summed E-state index contributed by atoms with van der Waals surface area (Å²) in [7, 11) is -4.44. The van der Waals surface area contributed by atoms with Gasteiger partial charge in [0.05, 0.1) is 30.0 Å². The molecule has 0 fully saturated rings. The van der Waals surface area contributed by atoms with Crippen molar-refractivity contribution in [2.24, 2.45) is 0 Å². The van der Waals surface area contributed by atoms with E-state index >= 15 is 0 Å². The van der Waals surface area contributed by atoms with Crippen molar-refractivity contribution < 1.29 is 27.1 Å². The van der Waals surface area contributed by atoms with Crippen molar-refractivity contribution in [3.8, 4) is 17.6 Å². The molecule has 0 spiro atoms.